The summed E-state index contributed by atoms with van der Waals surface area (Å²) in [5.74, 6) is 1.21. The van der Waals surface area contributed by atoms with Crippen molar-refractivity contribution in [3.05, 3.63) is 12.2 Å². The molecule has 0 aromatic heterocycles. The van der Waals surface area contributed by atoms with E-state index in [9.17, 15) is 24.3 Å². The summed E-state index contributed by atoms with van der Waals surface area (Å²) in [5, 5.41) is 12.6. The fraction of sp³-hybridized carbons (Fsp3) is 0.870. The SMILES string of the molecule is C=C(C)[C@@H]1CC[C@]2(CC(=O)N3CC[C@H](NC(=O)OC(C)(C)C)C3)CC[C@]3(C)[C@H](CC[C@@H]4[C@@]5(C)CC[C@H](OC(=O)CC(C)(C)C(=O)O)C(C)(C)[C@@H]5CC[C@]43C)[C@@H]12. The Bertz CT molecular complexity index is 1560. The van der Waals surface area contributed by atoms with Crippen molar-refractivity contribution in [2.24, 2.45) is 62.1 Å². The number of amides is 2. The lowest BCUT2D eigenvalue weighted by molar-refractivity contribution is -0.250. The van der Waals surface area contributed by atoms with Gasteiger partial charge in [-0.25, -0.2) is 4.79 Å². The summed E-state index contributed by atoms with van der Waals surface area (Å²) in [6, 6.07) is -0.0867. The first-order valence-corrected chi connectivity index (χ1v) is 21.7. The van der Waals surface area contributed by atoms with Crippen molar-refractivity contribution in [1.82, 2.24) is 10.2 Å². The second-order valence-corrected chi connectivity index (χ2v) is 22.4. The van der Waals surface area contributed by atoms with Crippen LogP contribution in [0.1, 0.15) is 160 Å². The van der Waals surface area contributed by atoms with Gasteiger partial charge in [0.2, 0.25) is 5.91 Å². The molecule has 2 N–H and O–H groups in total. The Morgan fingerprint density at radius 1 is 0.836 bits per heavy atom. The molecule has 6 rings (SSSR count). The predicted octanol–water partition coefficient (Wildman–Crippen LogP) is 9.57. The van der Waals surface area contributed by atoms with E-state index in [4.69, 9.17) is 9.47 Å². The van der Waals surface area contributed by atoms with E-state index in [-0.39, 0.29) is 51.5 Å². The Morgan fingerprint density at radius 2 is 1.53 bits per heavy atom. The van der Waals surface area contributed by atoms with Crippen LogP contribution in [0.5, 0.6) is 0 Å². The summed E-state index contributed by atoms with van der Waals surface area (Å²) in [5.41, 5.74) is -0.276. The van der Waals surface area contributed by atoms with E-state index < -0.39 is 29.0 Å². The number of fused-ring (bicyclic) bond motifs is 7. The number of hydrogen-bond acceptors (Lipinski definition) is 6. The predicted molar refractivity (Wildman–Crippen MR) is 214 cm³/mol. The maximum absolute atomic E-state index is 14.3. The minimum atomic E-state index is -1.16. The van der Waals surface area contributed by atoms with Gasteiger partial charge in [-0.3, -0.25) is 14.4 Å². The molecule has 1 saturated heterocycles. The fourth-order valence-corrected chi connectivity index (χ4v) is 14.4. The number of carbonyl (C=O) groups is 4. The first-order valence-electron chi connectivity index (χ1n) is 21.7. The summed E-state index contributed by atoms with van der Waals surface area (Å²) in [7, 11) is 0. The molecule has 1 aliphatic heterocycles. The van der Waals surface area contributed by atoms with Crippen LogP contribution in [-0.2, 0) is 23.9 Å². The second kappa shape index (κ2) is 14.1. The minimum Gasteiger partial charge on any atom is -0.481 e. The summed E-state index contributed by atoms with van der Waals surface area (Å²) in [6.45, 7) is 29.2. The molecule has 55 heavy (non-hydrogen) atoms. The average molecular weight is 767 g/mol. The molecule has 1 heterocycles. The molecule has 0 unspecified atom stereocenters. The number of ether oxygens (including phenoxy) is 2. The molecular weight excluding hydrogens is 693 g/mol. The number of carbonyl (C=O) groups excluding carboxylic acids is 3. The number of carboxylic acid groups (broad SMARTS) is 1. The molecule has 0 spiro atoms. The third kappa shape index (κ3) is 7.16. The van der Waals surface area contributed by atoms with Crippen molar-refractivity contribution in [2.75, 3.05) is 13.1 Å². The topological polar surface area (TPSA) is 122 Å². The van der Waals surface area contributed by atoms with Gasteiger partial charge in [-0.15, -0.1) is 0 Å². The van der Waals surface area contributed by atoms with Crippen LogP contribution in [-0.4, -0.2) is 64.8 Å². The van der Waals surface area contributed by atoms with Crippen molar-refractivity contribution >= 4 is 23.9 Å². The molecule has 310 valence electrons. The fourth-order valence-electron chi connectivity index (χ4n) is 14.4. The molecule has 6 fully saturated rings. The number of nitrogens with zero attached hydrogens (tertiary/aromatic N) is 1. The largest absolute Gasteiger partial charge is 0.481 e. The molecule has 5 saturated carbocycles. The Labute approximate surface area is 331 Å². The van der Waals surface area contributed by atoms with Crippen LogP contribution in [0, 0.1) is 62.1 Å². The molecule has 5 aliphatic carbocycles. The third-order valence-corrected chi connectivity index (χ3v) is 17.4. The Hall–Kier alpha value is -2.58. The highest BCUT2D eigenvalue weighted by atomic mass is 16.6. The highest BCUT2D eigenvalue weighted by Gasteiger charge is 2.71. The quantitative estimate of drug-likeness (QED) is 0.186. The minimum absolute atomic E-state index is 0.0228. The summed E-state index contributed by atoms with van der Waals surface area (Å²) in [6.07, 6.45) is 11.4. The van der Waals surface area contributed by atoms with Gasteiger partial charge in [0.15, 0.2) is 0 Å². The van der Waals surface area contributed by atoms with Crippen LogP contribution >= 0.6 is 0 Å². The number of nitrogens with one attached hydrogen (secondary N) is 1. The van der Waals surface area contributed by atoms with Crippen LogP contribution in [0.2, 0.25) is 0 Å². The van der Waals surface area contributed by atoms with E-state index in [0.717, 1.165) is 57.8 Å². The summed E-state index contributed by atoms with van der Waals surface area (Å²) >= 11 is 0. The smallest absolute Gasteiger partial charge is 0.407 e. The number of aliphatic carboxylic acids is 1. The van der Waals surface area contributed by atoms with Gasteiger partial charge >= 0.3 is 18.0 Å². The highest BCUT2D eigenvalue weighted by Crippen LogP contribution is 2.78. The van der Waals surface area contributed by atoms with Crippen molar-refractivity contribution in [3.8, 4) is 0 Å². The van der Waals surface area contributed by atoms with Gasteiger partial charge in [-0.2, -0.15) is 0 Å². The molecule has 0 aromatic rings. The van der Waals surface area contributed by atoms with Gasteiger partial charge in [-0.05, 0) is 163 Å². The lowest BCUT2D eigenvalue weighted by atomic mass is 9.32. The van der Waals surface area contributed by atoms with E-state index in [1.165, 1.54) is 18.4 Å². The van der Waals surface area contributed by atoms with Crippen LogP contribution in [0.15, 0.2) is 12.2 Å². The average Bonchev–Trinajstić information content (AvgIpc) is 3.67. The molecule has 2 amide bonds. The lowest BCUT2D eigenvalue weighted by Crippen LogP contribution is -2.67. The zero-order valence-corrected chi connectivity index (χ0v) is 36.2. The van der Waals surface area contributed by atoms with E-state index in [2.05, 4.69) is 53.4 Å². The zero-order valence-electron chi connectivity index (χ0n) is 36.2. The van der Waals surface area contributed by atoms with Crippen LogP contribution in [0.3, 0.4) is 0 Å². The number of carboxylic acids is 1. The normalized spacial score (nSPS) is 40.9. The third-order valence-electron chi connectivity index (χ3n) is 17.4. The van der Waals surface area contributed by atoms with Gasteiger partial charge in [0.25, 0.3) is 0 Å². The van der Waals surface area contributed by atoms with Crippen LogP contribution < -0.4 is 5.32 Å². The molecule has 9 nitrogen and oxygen atoms in total. The van der Waals surface area contributed by atoms with E-state index >= 15 is 0 Å². The zero-order chi connectivity index (χ0) is 40.7. The maximum atomic E-state index is 14.3. The number of alkyl carbamates (subject to hydrolysis) is 1. The first kappa shape index (κ1) is 42.0. The standard InChI is InChI=1S/C46H74N2O7/c1-28(2)30-15-21-46(25-35(49)48-24-18-29(27-48)47-39(53)55-40(3,4)5)23-22-44(11)31(37(30)46)13-14-33-43(10)19-17-34(54-36(50)26-41(6,7)38(51)52)42(8,9)32(43)16-20-45(33,44)12/h29-34,37H,1,13-27H2,2-12H3,(H,47,53)(H,51,52)/t29-,30-,31+,32-,33+,34-,37+,43-,44+,45+,46+/m0/s1. The van der Waals surface area contributed by atoms with E-state index in [1.54, 1.807) is 13.8 Å². The van der Waals surface area contributed by atoms with Gasteiger partial charge in [0, 0.05) is 24.9 Å². The monoisotopic (exact) mass is 767 g/mol. The lowest BCUT2D eigenvalue weighted by Gasteiger charge is -2.73. The van der Waals surface area contributed by atoms with Gasteiger partial charge in [-0.1, -0.05) is 46.8 Å². The van der Waals surface area contributed by atoms with Crippen LogP contribution in [0.25, 0.3) is 0 Å². The molecule has 0 bridgehead atoms. The summed E-state index contributed by atoms with van der Waals surface area (Å²) < 4.78 is 11.7. The number of esters is 1. The van der Waals surface area contributed by atoms with E-state index in [0.29, 0.717) is 49.1 Å². The summed E-state index contributed by atoms with van der Waals surface area (Å²) in [4.78, 5) is 53.7. The number of rotatable bonds is 8. The van der Waals surface area contributed by atoms with Crippen molar-refractivity contribution < 1.29 is 33.8 Å². The highest BCUT2D eigenvalue weighted by molar-refractivity contribution is 5.81. The molecule has 0 aromatic carbocycles. The molecule has 11 atom stereocenters. The van der Waals surface area contributed by atoms with Crippen molar-refractivity contribution in [1.29, 1.82) is 0 Å². The second-order valence-electron chi connectivity index (χ2n) is 22.4. The van der Waals surface area contributed by atoms with Crippen LogP contribution in [0.4, 0.5) is 4.79 Å². The number of allylic oxidation sites excluding steroid dienone is 1. The Kier molecular flexibility index (Phi) is 10.7. The molecule has 0 radical (unpaired) electrons. The van der Waals surface area contributed by atoms with Gasteiger partial charge in [0.1, 0.15) is 11.7 Å². The molecule has 9 heteroatoms. The van der Waals surface area contributed by atoms with Gasteiger partial charge in [0.05, 0.1) is 17.9 Å². The maximum Gasteiger partial charge on any atom is 0.407 e. The molecule has 6 aliphatic rings. The Balaban J connectivity index is 1.19. The molecular formula is C46H74N2O7. The van der Waals surface area contributed by atoms with Crippen molar-refractivity contribution in [3.63, 3.8) is 0 Å². The van der Waals surface area contributed by atoms with Crippen molar-refractivity contribution in [2.45, 2.75) is 177 Å². The number of likely N-dealkylation sites (tertiary alicyclic amines) is 1. The Morgan fingerprint density at radius 3 is 2.16 bits per heavy atom. The first-order chi connectivity index (χ1) is 25.3. The van der Waals surface area contributed by atoms with Gasteiger partial charge < -0.3 is 24.8 Å². The number of hydrogen-bond donors (Lipinski definition) is 2. The van der Waals surface area contributed by atoms with E-state index in [1.807, 2.05) is 25.7 Å².